The van der Waals surface area contributed by atoms with Crippen molar-refractivity contribution in [3.8, 4) is 11.5 Å². The van der Waals surface area contributed by atoms with Crippen LogP contribution in [-0.2, 0) is 6.42 Å². The zero-order chi connectivity index (χ0) is 19.9. The van der Waals surface area contributed by atoms with E-state index < -0.39 is 0 Å². The van der Waals surface area contributed by atoms with Gasteiger partial charge in [0, 0.05) is 17.3 Å². The Balaban J connectivity index is 1.64. The largest absolute Gasteiger partial charge is 0.493 e. The summed E-state index contributed by atoms with van der Waals surface area (Å²) in [5, 5.41) is 7.09. The fraction of sp³-hybridized carbons (Fsp3) is 0.200. The zero-order valence-electron chi connectivity index (χ0n) is 15.7. The Hall–Kier alpha value is -3.19. The summed E-state index contributed by atoms with van der Waals surface area (Å²) >= 11 is 5.91. The Morgan fingerprint density at radius 3 is 2.39 bits per heavy atom. The number of nitrogens with one attached hydrogen (secondary N) is 2. The van der Waals surface area contributed by atoms with Crippen LogP contribution in [0.4, 0.5) is 23.0 Å². The monoisotopic (exact) mass is 399 g/mol. The summed E-state index contributed by atoms with van der Waals surface area (Å²) in [7, 11) is 3.24. The molecule has 0 amide bonds. The first-order valence-electron chi connectivity index (χ1n) is 8.68. The van der Waals surface area contributed by atoms with Gasteiger partial charge < -0.3 is 25.8 Å². The number of benzene rings is 2. The summed E-state index contributed by atoms with van der Waals surface area (Å²) in [4.78, 5) is 8.45. The van der Waals surface area contributed by atoms with E-state index in [1.165, 1.54) is 6.33 Å². The molecule has 28 heavy (non-hydrogen) atoms. The number of methoxy groups -OCH3 is 2. The molecular weight excluding hydrogens is 378 g/mol. The van der Waals surface area contributed by atoms with Gasteiger partial charge in [-0.15, -0.1) is 0 Å². The fourth-order valence-electron chi connectivity index (χ4n) is 2.67. The predicted molar refractivity (Wildman–Crippen MR) is 113 cm³/mol. The Kier molecular flexibility index (Phi) is 6.39. The van der Waals surface area contributed by atoms with Crippen molar-refractivity contribution in [2.24, 2.45) is 0 Å². The van der Waals surface area contributed by atoms with E-state index in [1.54, 1.807) is 26.4 Å². The molecular formula is C20H22ClN5O2. The second kappa shape index (κ2) is 9.14. The van der Waals surface area contributed by atoms with Crippen LogP contribution in [0.5, 0.6) is 11.5 Å². The Morgan fingerprint density at radius 1 is 0.964 bits per heavy atom. The van der Waals surface area contributed by atoms with Gasteiger partial charge in [0.25, 0.3) is 0 Å². The summed E-state index contributed by atoms with van der Waals surface area (Å²) in [5.41, 5.74) is 8.61. The van der Waals surface area contributed by atoms with E-state index >= 15 is 0 Å². The third-order valence-corrected chi connectivity index (χ3v) is 4.40. The summed E-state index contributed by atoms with van der Waals surface area (Å²) < 4.78 is 10.6. The number of hydrogen-bond donors (Lipinski definition) is 3. The van der Waals surface area contributed by atoms with E-state index in [-0.39, 0.29) is 0 Å². The maximum atomic E-state index is 6.21. The molecule has 0 unspecified atom stereocenters. The van der Waals surface area contributed by atoms with E-state index in [4.69, 9.17) is 26.8 Å². The topological polar surface area (TPSA) is 94.3 Å². The molecule has 0 aliphatic carbocycles. The molecule has 0 saturated carbocycles. The molecule has 0 atom stereocenters. The maximum absolute atomic E-state index is 6.21. The third kappa shape index (κ3) is 4.75. The summed E-state index contributed by atoms with van der Waals surface area (Å²) in [6, 6.07) is 13.1. The van der Waals surface area contributed by atoms with E-state index in [0.29, 0.717) is 40.4 Å². The minimum absolute atomic E-state index is 0.449. The van der Waals surface area contributed by atoms with Gasteiger partial charge in [0.2, 0.25) is 0 Å². The van der Waals surface area contributed by atoms with Crippen molar-refractivity contribution in [2.75, 3.05) is 37.1 Å². The first-order valence-corrected chi connectivity index (χ1v) is 9.06. The number of nitrogen functional groups attached to an aromatic ring is 1. The molecule has 0 saturated heterocycles. The van der Waals surface area contributed by atoms with Gasteiger partial charge in [-0.3, -0.25) is 0 Å². The van der Waals surface area contributed by atoms with E-state index in [1.807, 2.05) is 30.3 Å². The average molecular weight is 400 g/mol. The molecule has 4 N–H and O–H groups in total. The molecule has 3 aromatic rings. The summed E-state index contributed by atoms with van der Waals surface area (Å²) in [5.74, 6) is 2.52. The highest BCUT2D eigenvalue weighted by Gasteiger charge is 2.09. The minimum atomic E-state index is 0.449. The standard InChI is InChI=1S/C20H22ClN5O2/c1-27-16-8-3-13(11-17(16)28-2)9-10-23-19-18(22)20(25-12-24-19)26-15-6-4-14(21)5-7-15/h3-8,11-12H,9-10,22H2,1-2H3,(H2,23,24,25,26). The molecule has 0 aliphatic heterocycles. The van der Waals surface area contributed by atoms with Crippen molar-refractivity contribution in [1.29, 1.82) is 0 Å². The average Bonchev–Trinajstić information content (AvgIpc) is 2.72. The highest BCUT2D eigenvalue weighted by Crippen LogP contribution is 2.28. The van der Waals surface area contributed by atoms with Crippen LogP contribution >= 0.6 is 11.6 Å². The van der Waals surface area contributed by atoms with Gasteiger partial charge in [0.15, 0.2) is 23.1 Å². The van der Waals surface area contributed by atoms with Crippen molar-refractivity contribution in [2.45, 2.75) is 6.42 Å². The van der Waals surface area contributed by atoms with Gasteiger partial charge in [0.05, 0.1) is 14.2 Å². The highest BCUT2D eigenvalue weighted by molar-refractivity contribution is 6.30. The molecule has 1 heterocycles. The molecule has 1 aromatic heterocycles. The summed E-state index contributed by atoms with van der Waals surface area (Å²) in [6.07, 6.45) is 2.23. The van der Waals surface area contributed by atoms with Gasteiger partial charge >= 0.3 is 0 Å². The van der Waals surface area contributed by atoms with Crippen molar-refractivity contribution in [3.63, 3.8) is 0 Å². The van der Waals surface area contributed by atoms with E-state index in [9.17, 15) is 0 Å². The molecule has 0 radical (unpaired) electrons. The fourth-order valence-corrected chi connectivity index (χ4v) is 2.79. The molecule has 0 bridgehead atoms. The van der Waals surface area contributed by atoms with Crippen LogP contribution in [0.25, 0.3) is 0 Å². The normalized spacial score (nSPS) is 10.4. The molecule has 3 rings (SSSR count). The van der Waals surface area contributed by atoms with E-state index in [0.717, 1.165) is 17.7 Å². The molecule has 0 aliphatic rings. The molecule has 8 heteroatoms. The molecule has 7 nitrogen and oxygen atoms in total. The minimum Gasteiger partial charge on any atom is -0.493 e. The van der Waals surface area contributed by atoms with Crippen molar-refractivity contribution < 1.29 is 9.47 Å². The van der Waals surface area contributed by atoms with Gasteiger partial charge in [-0.25, -0.2) is 9.97 Å². The quantitative estimate of drug-likeness (QED) is 0.524. The van der Waals surface area contributed by atoms with Crippen LogP contribution < -0.4 is 25.8 Å². The number of hydrogen-bond acceptors (Lipinski definition) is 7. The lowest BCUT2D eigenvalue weighted by atomic mass is 10.1. The highest BCUT2D eigenvalue weighted by atomic mass is 35.5. The van der Waals surface area contributed by atoms with Gasteiger partial charge in [-0.2, -0.15) is 0 Å². The van der Waals surface area contributed by atoms with Crippen LogP contribution in [-0.4, -0.2) is 30.7 Å². The van der Waals surface area contributed by atoms with Crippen molar-refractivity contribution in [3.05, 3.63) is 59.4 Å². The number of aromatic nitrogens is 2. The molecule has 0 fully saturated rings. The number of anilines is 4. The van der Waals surface area contributed by atoms with Gasteiger partial charge in [-0.05, 0) is 48.4 Å². The lowest BCUT2D eigenvalue weighted by molar-refractivity contribution is 0.354. The lowest BCUT2D eigenvalue weighted by Gasteiger charge is -2.13. The Morgan fingerprint density at radius 2 is 1.68 bits per heavy atom. The van der Waals surface area contributed by atoms with Crippen molar-refractivity contribution in [1.82, 2.24) is 9.97 Å². The Labute approximate surface area is 168 Å². The van der Waals surface area contributed by atoms with Crippen LogP contribution in [0.3, 0.4) is 0 Å². The first-order chi connectivity index (χ1) is 13.6. The van der Waals surface area contributed by atoms with Crippen LogP contribution in [0.2, 0.25) is 5.02 Å². The van der Waals surface area contributed by atoms with Crippen molar-refractivity contribution >= 4 is 34.6 Å². The number of nitrogens with two attached hydrogens (primary N) is 1. The smallest absolute Gasteiger partial charge is 0.160 e. The first kappa shape index (κ1) is 19.6. The van der Waals surface area contributed by atoms with Gasteiger partial charge in [0.1, 0.15) is 12.0 Å². The van der Waals surface area contributed by atoms with Crippen LogP contribution in [0, 0.1) is 0 Å². The predicted octanol–water partition coefficient (Wildman–Crippen LogP) is 4.13. The lowest BCUT2D eigenvalue weighted by Crippen LogP contribution is -2.10. The Bertz CT molecular complexity index is 934. The van der Waals surface area contributed by atoms with E-state index in [2.05, 4.69) is 20.6 Å². The van der Waals surface area contributed by atoms with Crippen LogP contribution in [0.15, 0.2) is 48.8 Å². The van der Waals surface area contributed by atoms with Gasteiger partial charge in [-0.1, -0.05) is 17.7 Å². The number of nitrogens with zero attached hydrogens (tertiary/aromatic N) is 2. The zero-order valence-corrected chi connectivity index (χ0v) is 16.5. The second-order valence-corrected chi connectivity index (χ2v) is 6.42. The summed E-state index contributed by atoms with van der Waals surface area (Å²) in [6.45, 7) is 0.650. The number of halogens is 1. The number of rotatable bonds is 8. The third-order valence-electron chi connectivity index (χ3n) is 4.14. The maximum Gasteiger partial charge on any atom is 0.160 e. The number of ether oxygens (including phenoxy) is 2. The SMILES string of the molecule is COc1ccc(CCNc2ncnc(Nc3ccc(Cl)cc3)c2N)cc1OC. The molecule has 0 spiro atoms. The molecule has 2 aromatic carbocycles. The second-order valence-electron chi connectivity index (χ2n) is 5.98. The molecule has 146 valence electrons. The van der Waals surface area contributed by atoms with Crippen LogP contribution in [0.1, 0.15) is 5.56 Å².